The van der Waals surface area contributed by atoms with E-state index in [0.29, 0.717) is 11.6 Å². The van der Waals surface area contributed by atoms with Crippen LogP contribution in [0.2, 0.25) is 0 Å². The quantitative estimate of drug-likeness (QED) is 0.924. The second kappa shape index (κ2) is 6.11. The number of nitrogens with zero attached hydrogens (tertiary/aromatic N) is 3. The Labute approximate surface area is 128 Å². The molecule has 2 N–H and O–H groups in total. The first-order valence-electron chi connectivity index (χ1n) is 7.19. The average molecular weight is 298 g/mol. The van der Waals surface area contributed by atoms with Crippen molar-refractivity contribution in [2.24, 2.45) is 5.73 Å². The van der Waals surface area contributed by atoms with Gasteiger partial charge in [0.15, 0.2) is 5.82 Å². The minimum atomic E-state index is -0.552. The first-order chi connectivity index (χ1) is 10.7. The molecule has 1 aliphatic heterocycles. The minimum Gasteiger partial charge on any atom is -0.380 e. The van der Waals surface area contributed by atoms with Crippen LogP contribution in [0.15, 0.2) is 36.4 Å². The molecule has 2 heterocycles. The van der Waals surface area contributed by atoms with Gasteiger partial charge >= 0.3 is 0 Å². The van der Waals surface area contributed by atoms with Gasteiger partial charge in [-0.1, -0.05) is 30.3 Å². The lowest BCUT2D eigenvalue weighted by atomic mass is 10.2. The number of methoxy groups -OCH3 is 1. The molecule has 2 aromatic rings. The number of anilines is 1. The van der Waals surface area contributed by atoms with Crippen molar-refractivity contribution < 1.29 is 9.53 Å². The highest BCUT2D eigenvalue weighted by Gasteiger charge is 2.24. The lowest BCUT2D eigenvalue weighted by Crippen LogP contribution is -2.24. The fraction of sp³-hybridized carbons (Fsp3) is 0.312. The SMILES string of the molecule is COC1CCN(c2cc(C(N)=O)nc(-c3ccccc3)n2)C1. The summed E-state index contributed by atoms with van der Waals surface area (Å²) in [5.74, 6) is 0.665. The number of nitrogens with two attached hydrogens (primary N) is 1. The Balaban J connectivity index is 2.00. The van der Waals surface area contributed by atoms with Gasteiger partial charge in [-0.05, 0) is 6.42 Å². The Morgan fingerprint density at radius 3 is 2.73 bits per heavy atom. The molecule has 3 rings (SSSR count). The molecule has 6 nitrogen and oxygen atoms in total. The third-order valence-electron chi connectivity index (χ3n) is 3.80. The van der Waals surface area contributed by atoms with Crippen molar-refractivity contribution in [1.82, 2.24) is 9.97 Å². The van der Waals surface area contributed by atoms with Crippen LogP contribution < -0.4 is 10.6 Å². The van der Waals surface area contributed by atoms with E-state index in [1.54, 1.807) is 13.2 Å². The molecule has 1 aliphatic rings. The Morgan fingerprint density at radius 2 is 2.09 bits per heavy atom. The predicted octanol–water partition coefficient (Wildman–Crippen LogP) is 1.47. The van der Waals surface area contributed by atoms with Crippen LogP contribution in [-0.4, -0.2) is 42.2 Å². The maximum Gasteiger partial charge on any atom is 0.267 e. The topological polar surface area (TPSA) is 81.3 Å². The van der Waals surface area contributed by atoms with E-state index >= 15 is 0 Å². The molecule has 114 valence electrons. The molecule has 0 radical (unpaired) electrons. The van der Waals surface area contributed by atoms with Gasteiger partial charge in [0.05, 0.1) is 6.10 Å². The zero-order valence-corrected chi connectivity index (χ0v) is 12.4. The molecule has 22 heavy (non-hydrogen) atoms. The summed E-state index contributed by atoms with van der Waals surface area (Å²) in [6.45, 7) is 1.59. The van der Waals surface area contributed by atoms with Crippen LogP contribution in [0.1, 0.15) is 16.9 Å². The summed E-state index contributed by atoms with van der Waals surface area (Å²) in [5.41, 5.74) is 6.49. The van der Waals surface area contributed by atoms with E-state index in [4.69, 9.17) is 10.5 Å². The summed E-state index contributed by atoms with van der Waals surface area (Å²) in [5, 5.41) is 0. The van der Waals surface area contributed by atoms with Crippen molar-refractivity contribution in [2.45, 2.75) is 12.5 Å². The Bertz CT molecular complexity index is 675. The van der Waals surface area contributed by atoms with E-state index < -0.39 is 5.91 Å². The molecule has 1 fully saturated rings. The normalized spacial score (nSPS) is 17.7. The number of primary amides is 1. The number of carbonyl (C=O) groups is 1. The molecule has 1 amide bonds. The predicted molar refractivity (Wildman–Crippen MR) is 83.6 cm³/mol. The third kappa shape index (κ3) is 2.92. The van der Waals surface area contributed by atoms with E-state index in [1.165, 1.54) is 0 Å². The molecule has 1 saturated heterocycles. The maximum atomic E-state index is 11.6. The van der Waals surface area contributed by atoms with Gasteiger partial charge in [-0.15, -0.1) is 0 Å². The molecule has 0 saturated carbocycles. The van der Waals surface area contributed by atoms with Crippen LogP contribution in [0.5, 0.6) is 0 Å². The lowest BCUT2D eigenvalue weighted by molar-refractivity contribution is 0.0995. The van der Waals surface area contributed by atoms with Gasteiger partial charge in [-0.2, -0.15) is 0 Å². The zero-order valence-electron chi connectivity index (χ0n) is 12.4. The molecular formula is C16H18N4O2. The van der Waals surface area contributed by atoms with Crippen molar-refractivity contribution in [3.63, 3.8) is 0 Å². The van der Waals surface area contributed by atoms with Crippen LogP contribution in [0.25, 0.3) is 11.4 Å². The lowest BCUT2D eigenvalue weighted by Gasteiger charge is -2.18. The van der Waals surface area contributed by atoms with Gasteiger partial charge < -0.3 is 15.4 Å². The fourth-order valence-electron chi connectivity index (χ4n) is 2.57. The van der Waals surface area contributed by atoms with Gasteiger partial charge in [-0.3, -0.25) is 4.79 Å². The van der Waals surface area contributed by atoms with E-state index in [1.807, 2.05) is 30.3 Å². The maximum absolute atomic E-state index is 11.6. The molecule has 1 aromatic carbocycles. The highest BCUT2D eigenvalue weighted by atomic mass is 16.5. The van der Waals surface area contributed by atoms with Crippen molar-refractivity contribution in [3.8, 4) is 11.4 Å². The summed E-state index contributed by atoms with van der Waals surface area (Å²) >= 11 is 0. The Kier molecular flexibility index (Phi) is 4.02. The van der Waals surface area contributed by atoms with Gasteiger partial charge in [-0.25, -0.2) is 9.97 Å². The molecular weight excluding hydrogens is 280 g/mol. The van der Waals surface area contributed by atoms with Gasteiger partial charge in [0.2, 0.25) is 0 Å². The number of hydrogen-bond acceptors (Lipinski definition) is 5. The first-order valence-corrected chi connectivity index (χ1v) is 7.19. The number of benzene rings is 1. The molecule has 0 spiro atoms. The van der Waals surface area contributed by atoms with E-state index in [9.17, 15) is 4.79 Å². The van der Waals surface area contributed by atoms with E-state index in [0.717, 1.165) is 25.1 Å². The number of amides is 1. The summed E-state index contributed by atoms with van der Waals surface area (Å²) in [7, 11) is 1.71. The number of ether oxygens (including phenoxy) is 1. The summed E-state index contributed by atoms with van der Waals surface area (Å²) in [4.78, 5) is 22.5. The monoisotopic (exact) mass is 298 g/mol. The molecule has 0 aliphatic carbocycles. The number of aromatic nitrogens is 2. The zero-order chi connectivity index (χ0) is 15.5. The second-order valence-corrected chi connectivity index (χ2v) is 5.26. The number of carbonyl (C=O) groups excluding carboxylic acids is 1. The number of rotatable bonds is 4. The van der Waals surface area contributed by atoms with E-state index in [-0.39, 0.29) is 11.8 Å². The van der Waals surface area contributed by atoms with Gasteiger partial charge in [0.1, 0.15) is 11.5 Å². The second-order valence-electron chi connectivity index (χ2n) is 5.26. The minimum absolute atomic E-state index is 0.187. The van der Waals surface area contributed by atoms with E-state index in [2.05, 4.69) is 14.9 Å². The third-order valence-corrected chi connectivity index (χ3v) is 3.80. The van der Waals surface area contributed by atoms with Crippen molar-refractivity contribution >= 4 is 11.7 Å². The van der Waals surface area contributed by atoms with Crippen molar-refractivity contribution in [2.75, 3.05) is 25.1 Å². The average Bonchev–Trinajstić information content (AvgIpc) is 3.04. The van der Waals surface area contributed by atoms with Gasteiger partial charge in [0, 0.05) is 31.8 Å². The standard InChI is InChI=1S/C16H18N4O2/c1-22-12-7-8-20(10-12)14-9-13(15(17)21)18-16(19-14)11-5-3-2-4-6-11/h2-6,9,12H,7-8,10H2,1H3,(H2,17,21). The Morgan fingerprint density at radius 1 is 1.32 bits per heavy atom. The molecule has 1 aromatic heterocycles. The van der Waals surface area contributed by atoms with Crippen molar-refractivity contribution in [3.05, 3.63) is 42.1 Å². The molecule has 1 unspecified atom stereocenters. The highest BCUT2D eigenvalue weighted by Crippen LogP contribution is 2.23. The smallest absolute Gasteiger partial charge is 0.267 e. The largest absolute Gasteiger partial charge is 0.380 e. The first kappa shape index (κ1) is 14.5. The summed E-state index contributed by atoms with van der Waals surface area (Å²) < 4.78 is 5.38. The molecule has 0 bridgehead atoms. The molecule has 6 heteroatoms. The van der Waals surface area contributed by atoms with Crippen LogP contribution in [-0.2, 0) is 4.74 Å². The van der Waals surface area contributed by atoms with Gasteiger partial charge in [0.25, 0.3) is 5.91 Å². The molecule has 1 atom stereocenters. The number of hydrogen-bond donors (Lipinski definition) is 1. The highest BCUT2D eigenvalue weighted by molar-refractivity contribution is 5.92. The van der Waals surface area contributed by atoms with Crippen LogP contribution in [0.4, 0.5) is 5.82 Å². The summed E-state index contributed by atoms with van der Waals surface area (Å²) in [6, 6.07) is 11.2. The van der Waals surface area contributed by atoms with Crippen LogP contribution in [0.3, 0.4) is 0 Å². The van der Waals surface area contributed by atoms with Crippen LogP contribution in [0, 0.1) is 0 Å². The fourth-order valence-corrected chi connectivity index (χ4v) is 2.57. The van der Waals surface area contributed by atoms with Crippen molar-refractivity contribution in [1.29, 1.82) is 0 Å². The Hall–Kier alpha value is -2.47. The summed E-state index contributed by atoms with van der Waals surface area (Å²) in [6.07, 6.45) is 1.12. The van der Waals surface area contributed by atoms with Crippen LogP contribution >= 0.6 is 0 Å².